The van der Waals surface area contributed by atoms with E-state index < -0.39 is 0 Å². The van der Waals surface area contributed by atoms with E-state index >= 15 is 0 Å². The van der Waals surface area contributed by atoms with Gasteiger partial charge in [0.2, 0.25) is 0 Å². The minimum atomic E-state index is 0.653. The Bertz CT molecular complexity index is 1530. The predicted molar refractivity (Wildman–Crippen MR) is 405 cm³/mol. The van der Waals surface area contributed by atoms with Crippen LogP contribution in [0.3, 0.4) is 0 Å². The Hall–Kier alpha value is 0. The lowest BCUT2D eigenvalue weighted by atomic mass is 9.83. The van der Waals surface area contributed by atoms with Gasteiger partial charge in [-0.2, -0.15) is 0 Å². The summed E-state index contributed by atoms with van der Waals surface area (Å²) >= 11 is 0. The Kier molecular flexibility index (Phi) is 43.0. The molecule has 11 aliphatic carbocycles. The molecule has 0 heterocycles. The van der Waals surface area contributed by atoms with Crippen molar-refractivity contribution in [2.45, 2.75) is 444 Å². The summed E-state index contributed by atoms with van der Waals surface area (Å²) in [5.41, 5.74) is 4.11. The van der Waals surface area contributed by atoms with Gasteiger partial charge in [0, 0.05) is 0 Å². The van der Waals surface area contributed by atoms with Crippen molar-refractivity contribution in [3.8, 4) is 0 Å². The van der Waals surface area contributed by atoms with Crippen LogP contribution in [0.1, 0.15) is 444 Å². The molecule has 0 aliphatic heterocycles. The highest BCUT2D eigenvalue weighted by atomic mass is 14.4. The fraction of sp³-hybridized carbons (Fsp3) is 1.00. The first-order chi connectivity index (χ1) is 41.0. The van der Waals surface area contributed by atoms with Gasteiger partial charge in [-0.3, -0.25) is 0 Å². The van der Waals surface area contributed by atoms with E-state index in [1.807, 2.05) is 0 Å². The standard InChI is InChI=1S/11C8H16/c1-6-4-7(2)8(3)5-6;2*1-7-4-5-8(2,3)6-7;2*1-7-5-4-6-8(7,2)3;1-6-4-5-7(2)8(6)3;1-7(2)8-5-3-4-6-8;2*1-3-8(2)6-4-5-7-8;1-3-8-6-4-5-7(8)2;1-2-5-8-6-3-4-7-8/h6-8H,4-5H2,1-3H3;4*7H,4-6H2,1-3H3;6-8H,4-5H2,1-3H3;7-8H,3-6H2,1-2H3;2*3-7H2,1-2H3;7-8H,3-6H2,1-2H3;8H,2-7H2,1H3/t;7-;;7-;;;;;;;/m.0.0......./s1. The molecule has 0 N–H and O–H groups in total. The van der Waals surface area contributed by atoms with Crippen molar-refractivity contribution >= 4 is 0 Å². The second kappa shape index (κ2) is 43.9. The molecule has 528 valence electrons. The van der Waals surface area contributed by atoms with Crippen molar-refractivity contribution in [2.24, 2.45) is 121 Å². The van der Waals surface area contributed by atoms with Crippen LogP contribution in [0, 0.1) is 121 Å². The van der Waals surface area contributed by atoms with E-state index in [0.29, 0.717) is 21.7 Å². The Morgan fingerprint density at radius 1 is 0.341 bits per heavy atom. The summed E-state index contributed by atoms with van der Waals surface area (Å²) in [6.45, 7) is 63.8. The third-order valence-corrected chi connectivity index (χ3v) is 27.8. The number of hydrogen-bond acceptors (Lipinski definition) is 0. The van der Waals surface area contributed by atoms with Crippen molar-refractivity contribution < 1.29 is 0 Å². The molecule has 0 spiro atoms. The van der Waals surface area contributed by atoms with Gasteiger partial charge >= 0.3 is 0 Å². The summed E-state index contributed by atoms with van der Waals surface area (Å²) in [6.07, 6.45) is 58.5. The van der Waals surface area contributed by atoms with E-state index in [2.05, 4.69) is 187 Å². The molecule has 0 bridgehead atoms. The topological polar surface area (TPSA) is 0 Å². The van der Waals surface area contributed by atoms with Gasteiger partial charge in [-0.05, 0) is 198 Å². The van der Waals surface area contributed by atoms with Crippen LogP contribution in [-0.4, -0.2) is 0 Å². The lowest BCUT2D eigenvalue weighted by Gasteiger charge is -2.22. The molecule has 11 aliphatic rings. The highest BCUT2D eigenvalue weighted by molar-refractivity contribution is 4.85. The highest BCUT2D eigenvalue weighted by Crippen LogP contribution is 2.45. The average Bonchev–Trinajstić information content (AvgIpc) is 4.42. The van der Waals surface area contributed by atoms with Crippen LogP contribution in [0.15, 0.2) is 0 Å². The van der Waals surface area contributed by atoms with Crippen molar-refractivity contribution in [3.63, 3.8) is 0 Å². The molecule has 0 nitrogen and oxygen atoms in total. The molecule has 11 rings (SSSR count). The van der Waals surface area contributed by atoms with Crippen LogP contribution in [0.5, 0.6) is 0 Å². The van der Waals surface area contributed by atoms with E-state index in [0.717, 1.165) is 99.6 Å². The van der Waals surface area contributed by atoms with Gasteiger partial charge < -0.3 is 0 Å². The van der Waals surface area contributed by atoms with Crippen molar-refractivity contribution in [1.29, 1.82) is 0 Å². The second-order valence-electron chi connectivity index (χ2n) is 38.6. The first-order valence-electron chi connectivity index (χ1n) is 41.0. The Morgan fingerprint density at radius 2 is 0.727 bits per heavy atom. The average molecular weight is 1230 g/mol. The zero-order valence-corrected chi connectivity index (χ0v) is 66.9. The number of hydrogen-bond donors (Lipinski definition) is 0. The molecular formula is C88H176. The molecule has 0 aromatic carbocycles. The molecule has 11 fully saturated rings. The van der Waals surface area contributed by atoms with E-state index in [9.17, 15) is 0 Å². The van der Waals surface area contributed by atoms with Gasteiger partial charge in [0.25, 0.3) is 0 Å². The van der Waals surface area contributed by atoms with Crippen LogP contribution in [-0.2, 0) is 0 Å². The fourth-order valence-electron chi connectivity index (χ4n) is 18.3. The molecule has 88 heavy (non-hydrogen) atoms. The van der Waals surface area contributed by atoms with Crippen LogP contribution in [0.2, 0.25) is 0 Å². The zero-order valence-electron chi connectivity index (χ0n) is 66.9. The second-order valence-corrected chi connectivity index (χ2v) is 38.6. The van der Waals surface area contributed by atoms with Gasteiger partial charge in [0.1, 0.15) is 0 Å². The molecule has 0 heteroatoms. The smallest absolute Gasteiger partial charge is 0.0328 e. The van der Waals surface area contributed by atoms with E-state index in [-0.39, 0.29) is 0 Å². The van der Waals surface area contributed by atoms with Crippen LogP contribution in [0.4, 0.5) is 0 Å². The summed E-state index contributed by atoms with van der Waals surface area (Å²) in [4.78, 5) is 0. The number of rotatable bonds is 6. The monoisotopic (exact) mass is 1230 g/mol. The van der Waals surface area contributed by atoms with Gasteiger partial charge in [0.15, 0.2) is 0 Å². The van der Waals surface area contributed by atoms with Crippen LogP contribution in [0.25, 0.3) is 0 Å². The molecule has 0 saturated heterocycles. The Morgan fingerprint density at radius 3 is 0.886 bits per heavy atom. The molecule has 0 aromatic heterocycles. The van der Waals surface area contributed by atoms with E-state index in [4.69, 9.17) is 0 Å². The molecule has 0 amide bonds. The van der Waals surface area contributed by atoms with Gasteiger partial charge in [0.05, 0.1) is 0 Å². The first-order valence-corrected chi connectivity index (χ1v) is 41.0. The van der Waals surface area contributed by atoms with Crippen molar-refractivity contribution in [3.05, 3.63) is 0 Å². The minimum Gasteiger partial charge on any atom is -0.0654 e. The minimum absolute atomic E-state index is 0.653. The van der Waals surface area contributed by atoms with Crippen molar-refractivity contribution in [1.82, 2.24) is 0 Å². The summed E-state index contributed by atoms with van der Waals surface area (Å²) in [7, 11) is 0. The largest absolute Gasteiger partial charge is 0.0654 e. The van der Waals surface area contributed by atoms with Crippen LogP contribution < -0.4 is 0 Å². The summed E-state index contributed by atoms with van der Waals surface area (Å²) < 4.78 is 0. The first kappa shape index (κ1) is 86.0. The van der Waals surface area contributed by atoms with Gasteiger partial charge in [-0.25, -0.2) is 0 Å². The fourth-order valence-corrected chi connectivity index (χ4v) is 18.3. The molecule has 0 radical (unpaired) electrons. The van der Waals surface area contributed by atoms with Gasteiger partial charge in [-0.15, -0.1) is 0 Å². The highest BCUT2D eigenvalue weighted by Gasteiger charge is 2.33. The molecule has 8 unspecified atom stereocenters. The SMILES string of the molecule is CC(C)C1CCCC1.CC1CC(C)C(C)C1.CC1CCC(C)(C)C1.CC1CCC(C)C1C.CC1CCCC1(C)C.CCC1(C)CCCC1.CCC1(C)CCCC1.CCC1CCCC1C.CCCC1CCCC1.C[C@H]1CCC(C)(C)C1.C[C@H]1CCCC1(C)C. The third-order valence-electron chi connectivity index (χ3n) is 27.8. The molecular weight excluding hydrogens is 1060 g/mol. The lowest BCUT2D eigenvalue weighted by Crippen LogP contribution is -2.13. The maximum Gasteiger partial charge on any atom is -0.0328 e. The lowest BCUT2D eigenvalue weighted by molar-refractivity contribution is 0.281. The molecule has 11 saturated carbocycles. The normalized spacial score (nSPS) is 34.0. The van der Waals surface area contributed by atoms with E-state index in [1.54, 1.807) is 0 Å². The predicted octanol–water partition coefficient (Wildman–Crippen LogP) is 31.3. The van der Waals surface area contributed by atoms with Crippen LogP contribution >= 0.6 is 0 Å². The maximum absolute atomic E-state index is 2.42. The van der Waals surface area contributed by atoms with Gasteiger partial charge in [-0.1, -0.05) is 367 Å². The molecule has 0 aromatic rings. The van der Waals surface area contributed by atoms with E-state index in [1.165, 1.54) is 257 Å². The maximum atomic E-state index is 2.42. The summed E-state index contributed by atoms with van der Waals surface area (Å²) in [6, 6.07) is 0. The summed E-state index contributed by atoms with van der Waals surface area (Å²) in [5, 5.41) is 0. The summed E-state index contributed by atoms with van der Waals surface area (Å²) in [5.74, 6) is 15.1. The zero-order chi connectivity index (χ0) is 66.9. The Balaban J connectivity index is 0.000000484. The van der Waals surface area contributed by atoms with Crippen molar-refractivity contribution in [2.75, 3.05) is 0 Å². The Labute approximate surface area is 561 Å². The quantitative estimate of drug-likeness (QED) is 0.249. The molecule has 10 atom stereocenters. The third kappa shape index (κ3) is 36.8.